The number of hydrogen-bond acceptors (Lipinski definition) is 8. The number of amides is 1. The maximum atomic E-state index is 13.5. The number of hydrogen-bond donors (Lipinski definition) is 1. The number of allylic oxidation sites excluding steroid dienone is 4. The lowest BCUT2D eigenvalue weighted by Crippen LogP contribution is -2.17. The molecule has 0 spiro atoms. The van der Waals surface area contributed by atoms with E-state index in [0.29, 0.717) is 63.0 Å². The highest BCUT2D eigenvalue weighted by atomic mass is 35.5. The van der Waals surface area contributed by atoms with E-state index < -0.39 is 0 Å². The lowest BCUT2D eigenvalue weighted by molar-refractivity contribution is -0.112. The molecule has 1 fully saturated rings. The highest BCUT2D eigenvalue weighted by Gasteiger charge is 2.25. The summed E-state index contributed by atoms with van der Waals surface area (Å²) in [6.45, 7) is 6.14. The van der Waals surface area contributed by atoms with Crippen LogP contribution in [0.3, 0.4) is 0 Å². The van der Waals surface area contributed by atoms with E-state index in [1.54, 1.807) is 19.4 Å². The van der Waals surface area contributed by atoms with Crippen LogP contribution < -0.4 is 14.8 Å². The van der Waals surface area contributed by atoms with Crippen LogP contribution in [-0.4, -0.2) is 48.0 Å². The third kappa shape index (κ3) is 6.48. The summed E-state index contributed by atoms with van der Waals surface area (Å²) in [6, 6.07) is 1.71. The van der Waals surface area contributed by atoms with Crippen LogP contribution in [0, 0.1) is 11.8 Å². The van der Waals surface area contributed by atoms with Gasteiger partial charge in [0.1, 0.15) is 10.9 Å². The average Bonchev–Trinajstić information content (AvgIpc) is 3.48. The monoisotopic (exact) mass is 516 g/mol. The van der Waals surface area contributed by atoms with Crippen molar-refractivity contribution in [2.75, 3.05) is 32.2 Å². The summed E-state index contributed by atoms with van der Waals surface area (Å²) in [5.74, 6) is 0.990. The Morgan fingerprint density at radius 1 is 1.34 bits per heavy atom. The molecule has 0 saturated carbocycles. The first-order valence-electron chi connectivity index (χ1n) is 11.6. The molecule has 1 amide bonds. The second-order valence-electron chi connectivity index (χ2n) is 8.73. The molecule has 10 heteroatoms. The third-order valence-electron chi connectivity index (χ3n) is 6.06. The number of rotatable bonds is 7. The number of anilines is 1. The maximum Gasteiger partial charge on any atom is 0.295 e. The van der Waals surface area contributed by atoms with Gasteiger partial charge >= 0.3 is 0 Å². The zero-order valence-corrected chi connectivity index (χ0v) is 21.6. The highest BCUT2D eigenvalue weighted by Crippen LogP contribution is 2.34. The van der Waals surface area contributed by atoms with Crippen molar-refractivity contribution in [3.63, 3.8) is 0 Å². The molecule has 0 bridgehead atoms. The molecule has 8 nitrogen and oxygen atoms in total. The number of nitrogens with one attached hydrogen (secondary N) is 1. The van der Waals surface area contributed by atoms with Gasteiger partial charge in [-0.05, 0) is 55.1 Å². The maximum absolute atomic E-state index is 13.5. The van der Waals surface area contributed by atoms with Crippen LogP contribution in [0.4, 0.5) is 5.13 Å². The van der Waals surface area contributed by atoms with E-state index in [0.717, 1.165) is 31.4 Å². The molecule has 1 saturated heterocycles. The van der Waals surface area contributed by atoms with Crippen LogP contribution in [-0.2, 0) is 9.53 Å². The van der Waals surface area contributed by atoms with Crippen molar-refractivity contribution in [1.29, 1.82) is 0 Å². The van der Waals surface area contributed by atoms with Crippen molar-refractivity contribution < 1.29 is 19.0 Å². The SMILES string of the molecule is COc1cnc(Cl)cc1C1=C(C(=O)Nc2nnc(OC[C@@H]3COC[C@@H]3C)s2)/C=C/CCC/C(C)=C\1. The first-order valence-corrected chi connectivity index (χ1v) is 12.8. The third-order valence-corrected chi connectivity index (χ3v) is 7.02. The molecule has 2 aromatic heterocycles. The number of halogens is 1. The van der Waals surface area contributed by atoms with Crippen molar-refractivity contribution in [2.24, 2.45) is 11.8 Å². The quantitative estimate of drug-likeness (QED) is 0.496. The number of methoxy groups -OCH3 is 1. The van der Waals surface area contributed by atoms with E-state index in [-0.39, 0.29) is 5.91 Å². The van der Waals surface area contributed by atoms with Gasteiger partial charge in [-0.25, -0.2) is 4.98 Å². The van der Waals surface area contributed by atoms with E-state index in [2.05, 4.69) is 34.3 Å². The lowest BCUT2D eigenvalue weighted by atomic mass is 9.96. The van der Waals surface area contributed by atoms with Crippen molar-refractivity contribution in [3.05, 3.63) is 52.4 Å². The van der Waals surface area contributed by atoms with Crippen LogP contribution >= 0.6 is 22.9 Å². The first-order chi connectivity index (χ1) is 16.9. The molecule has 0 unspecified atom stereocenters. The number of pyridine rings is 1. The van der Waals surface area contributed by atoms with Gasteiger partial charge < -0.3 is 14.2 Å². The smallest absolute Gasteiger partial charge is 0.295 e. The molecule has 35 heavy (non-hydrogen) atoms. The van der Waals surface area contributed by atoms with Crippen LogP contribution in [0.1, 0.15) is 38.7 Å². The van der Waals surface area contributed by atoms with E-state index in [9.17, 15) is 4.79 Å². The van der Waals surface area contributed by atoms with Gasteiger partial charge in [0, 0.05) is 23.7 Å². The highest BCUT2D eigenvalue weighted by molar-refractivity contribution is 7.17. The second-order valence-corrected chi connectivity index (χ2v) is 10.1. The van der Waals surface area contributed by atoms with E-state index >= 15 is 0 Å². The van der Waals surface area contributed by atoms with Gasteiger partial charge in [0.25, 0.3) is 11.1 Å². The van der Waals surface area contributed by atoms with Crippen molar-refractivity contribution in [2.45, 2.75) is 33.1 Å². The van der Waals surface area contributed by atoms with Crippen LogP contribution in [0.25, 0.3) is 5.57 Å². The summed E-state index contributed by atoms with van der Waals surface area (Å²) < 4.78 is 16.8. The van der Waals surface area contributed by atoms with Crippen LogP contribution in [0.5, 0.6) is 10.9 Å². The van der Waals surface area contributed by atoms with Crippen molar-refractivity contribution in [3.8, 4) is 10.9 Å². The summed E-state index contributed by atoms with van der Waals surface area (Å²) in [7, 11) is 1.57. The Labute approximate surface area is 214 Å². The molecule has 3 heterocycles. The summed E-state index contributed by atoms with van der Waals surface area (Å²) in [4.78, 5) is 17.6. The van der Waals surface area contributed by atoms with Gasteiger partial charge in [0.2, 0.25) is 5.13 Å². The standard InChI is InChI=1S/C25H29ClN4O4S/c1-15-7-5-4-6-8-18(19(9-15)20-10-22(26)27-11-21(20)32-3)23(31)28-24-29-30-25(35-24)34-14-17-13-33-12-16(17)2/h6,8-11,16-17H,4-5,7,12-14H2,1-3H3,(H,28,29,31)/b8-6+,15-9-,19-18-/t16-,17-/m0/s1. The van der Waals surface area contributed by atoms with Gasteiger partial charge in [-0.2, -0.15) is 0 Å². The number of carbonyl (C=O) groups excluding carboxylic acids is 1. The van der Waals surface area contributed by atoms with Crippen molar-refractivity contribution in [1.82, 2.24) is 15.2 Å². The molecule has 186 valence electrons. The Bertz CT molecular complexity index is 1160. The molecule has 1 aliphatic heterocycles. The predicted octanol–water partition coefficient (Wildman–Crippen LogP) is 5.34. The predicted molar refractivity (Wildman–Crippen MR) is 137 cm³/mol. The van der Waals surface area contributed by atoms with Gasteiger partial charge in [-0.15, -0.1) is 5.10 Å². The summed E-state index contributed by atoms with van der Waals surface area (Å²) >= 11 is 7.41. The molecule has 1 aliphatic carbocycles. The Morgan fingerprint density at radius 2 is 2.20 bits per heavy atom. The summed E-state index contributed by atoms with van der Waals surface area (Å²) in [5, 5.41) is 12.1. The fraction of sp³-hybridized carbons (Fsp3) is 0.440. The zero-order chi connectivity index (χ0) is 24.8. The fourth-order valence-corrected chi connectivity index (χ4v) is 4.73. The van der Waals surface area contributed by atoms with Crippen molar-refractivity contribution >= 4 is 39.5 Å². The zero-order valence-electron chi connectivity index (χ0n) is 20.0. The number of carbonyl (C=O) groups is 1. The summed E-state index contributed by atoms with van der Waals surface area (Å²) in [5.41, 5.74) is 3.02. The Balaban J connectivity index is 1.61. The minimum atomic E-state index is -0.308. The lowest BCUT2D eigenvalue weighted by Gasteiger charge is -2.14. The molecule has 2 aromatic rings. The topological polar surface area (TPSA) is 95.5 Å². The molecule has 0 aromatic carbocycles. The first kappa shape index (κ1) is 25.3. The minimum absolute atomic E-state index is 0.308. The minimum Gasteiger partial charge on any atom is -0.494 e. The van der Waals surface area contributed by atoms with Gasteiger partial charge in [-0.3, -0.25) is 10.1 Å². The number of aromatic nitrogens is 3. The average molecular weight is 517 g/mol. The Morgan fingerprint density at radius 3 is 2.97 bits per heavy atom. The van der Waals surface area contributed by atoms with E-state index in [1.807, 2.05) is 18.2 Å². The molecular formula is C25H29ClN4O4S. The number of ether oxygens (including phenoxy) is 3. The largest absolute Gasteiger partial charge is 0.494 e. The van der Waals surface area contributed by atoms with Crippen LogP contribution in [0.2, 0.25) is 5.15 Å². The summed E-state index contributed by atoms with van der Waals surface area (Å²) in [6.07, 6.45) is 10.2. The molecule has 2 aliphatic rings. The Kier molecular flexibility index (Phi) is 8.54. The molecule has 0 radical (unpaired) electrons. The molecule has 4 rings (SSSR count). The van der Waals surface area contributed by atoms with E-state index in [4.69, 9.17) is 25.8 Å². The van der Waals surface area contributed by atoms with Gasteiger partial charge in [0.05, 0.1) is 26.5 Å². The van der Waals surface area contributed by atoms with E-state index in [1.165, 1.54) is 11.3 Å². The molecule has 1 N–H and O–H groups in total. The second kappa shape index (κ2) is 11.8. The normalized spacial score (nSPS) is 25.1. The molecule has 2 atom stereocenters. The number of nitrogens with zero attached hydrogens (tertiary/aromatic N) is 3. The molecular weight excluding hydrogens is 488 g/mol. The van der Waals surface area contributed by atoms with Gasteiger partial charge in [-0.1, -0.05) is 47.4 Å². The van der Waals surface area contributed by atoms with Gasteiger partial charge in [0.15, 0.2) is 0 Å². The Hall–Kier alpha value is -2.75. The van der Waals surface area contributed by atoms with Crippen LogP contribution in [0.15, 0.2) is 41.6 Å². The fourth-order valence-electron chi connectivity index (χ4n) is 3.98.